The molecular weight excluding hydrogens is 474 g/mol. The van der Waals surface area contributed by atoms with E-state index in [1.165, 1.54) is 6.21 Å². The van der Waals surface area contributed by atoms with Crippen molar-refractivity contribution in [2.24, 2.45) is 0 Å². The second kappa shape index (κ2) is 15.3. The molecule has 7 nitrogen and oxygen atoms in total. The van der Waals surface area contributed by atoms with Gasteiger partial charge >= 0.3 is 0 Å². The third-order valence-electron chi connectivity index (χ3n) is 5.07. The molecule has 4 rings (SSSR count). The molecule has 0 unspecified atom stereocenters. The minimum absolute atomic E-state index is 0.207. The van der Waals surface area contributed by atoms with Crippen molar-refractivity contribution >= 4 is 35.5 Å². The molecule has 2 aromatic heterocycles. The molecule has 0 fully saturated rings. The lowest BCUT2D eigenvalue weighted by Crippen LogP contribution is -2.12. The lowest BCUT2D eigenvalue weighted by molar-refractivity contribution is 0.101. The van der Waals surface area contributed by atoms with Crippen LogP contribution in [0.2, 0.25) is 0 Å². The number of anilines is 2. The first-order chi connectivity index (χ1) is 18.6. The minimum Gasteiger partial charge on any atom is -0.321 e. The van der Waals surface area contributed by atoms with Crippen LogP contribution in [0.4, 0.5) is 11.4 Å². The maximum atomic E-state index is 12.6. The molecule has 3 N–H and O–H groups in total. The fraction of sp³-hybridized carbons (Fsp3) is 0.129. The normalized spacial score (nSPS) is 9.47. The van der Waals surface area contributed by atoms with E-state index in [4.69, 9.17) is 5.41 Å². The minimum atomic E-state index is -0.286. The van der Waals surface area contributed by atoms with Gasteiger partial charge in [-0.1, -0.05) is 64.6 Å². The highest BCUT2D eigenvalue weighted by molar-refractivity contribution is 6.05. The van der Waals surface area contributed by atoms with E-state index >= 15 is 0 Å². The maximum absolute atomic E-state index is 12.6. The number of carbonyl (C=O) groups excluding carboxylic acids is 2. The Hall–Kier alpha value is -4.91. The van der Waals surface area contributed by atoms with Crippen LogP contribution in [0.3, 0.4) is 0 Å². The third-order valence-corrected chi connectivity index (χ3v) is 5.07. The van der Waals surface area contributed by atoms with Gasteiger partial charge in [0, 0.05) is 17.3 Å². The standard InChI is InChI=1S/C27H21N5O2.2C2H6/c1-2-18-14-20(8-9-21(18)15-28)27(34)32-23-11-13-25(30-17-23)24-12-10-22(16-29-24)31-26(33)19-6-4-3-5-7-19;2*1-2/h2-17,28H,1H2,(H,31,33)(H,32,34);2*1-2H3. The van der Waals surface area contributed by atoms with Crippen molar-refractivity contribution in [2.75, 3.05) is 10.6 Å². The number of amides is 2. The largest absolute Gasteiger partial charge is 0.321 e. The lowest BCUT2D eigenvalue weighted by atomic mass is 10.0. The van der Waals surface area contributed by atoms with E-state index in [1.807, 2.05) is 33.8 Å². The molecule has 2 heterocycles. The Labute approximate surface area is 224 Å². The molecule has 0 aliphatic carbocycles. The lowest BCUT2D eigenvalue weighted by Gasteiger charge is -2.08. The monoisotopic (exact) mass is 507 g/mol. The van der Waals surface area contributed by atoms with Gasteiger partial charge in [0.1, 0.15) is 0 Å². The molecule has 2 amide bonds. The molecule has 0 bridgehead atoms. The molecular formula is C31H33N5O2. The average molecular weight is 508 g/mol. The van der Waals surface area contributed by atoms with E-state index in [0.717, 1.165) is 0 Å². The molecule has 0 radical (unpaired) electrons. The Morgan fingerprint density at radius 1 is 0.711 bits per heavy atom. The average Bonchev–Trinajstić information content (AvgIpc) is 3.00. The van der Waals surface area contributed by atoms with Crippen molar-refractivity contribution in [3.63, 3.8) is 0 Å². The highest BCUT2D eigenvalue weighted by Crippen LogP contribution is 2.19. The quantitative estimate of drug-likeness (QED) is 0.227. The molecule has 2 aromatic carbocycles. The highest BCUT2D eigenvalue weighted by atomic mass is 16.2. The number of pyridine rings is 2. The topological polar surface area (TPSA) is 108 Å². The predicted octanol–water partition coefficient (Wildman–Crippen LogP) is 7.34. The number of carbonyl (C=O) groups is 2. The van der Waals surface area contributed by atoms with Gasteiger partial charge in [-0.05, 0) is 59.7 Å². The first kappa shape index (κ1) is 29.3. The van der Waals surface area contributed by atoms with E-state index in [0.29, 0.717) is 45.0 Å². The summed E-state index contributed by atoms with van der Waals surface area (Å²) in [4.78, 5) is 33.6. The fourth-order valence-electron chi connectivity index (χ4n) is 3.26. The van der Waals surface area contributed by atoms with Gasteiger partial charge in [0.25, 0.3) is 11.8 Å². The molecule has 0 aliphatic rings. The second-order valence-corrected chi connectivity index (χ2v) is 7.33. The highest BCUT2D eigenvalue weighted by Gasteiger charge is 2.10. The van der Waals surface area contributed by atoms with E-state index in [1.54, 1.807) is 85.2 Å². The Bertz CT molecular complexity index is 1350. The van der Waals surface area contributed by atoms with Crippen LogP contribution in [0.15, 0.2) is 91.8 Å². The van der Waals surface area contributed by atoms with Crippen molar-refractivity contribution < 1.29 is 9.59 Å². The second-order valence-electron chi connectivity index (χ2n) is 7.33. The van der Waals surface area contributed by atoms with Gasteiger partial charge in [-0.2, -0.15) is 0 Å². The first-order valence-corrected chi connectivity index (χ1v) is 12.4. The van der Waals surface area contributed by atoms with Gasteiger partial charge in [0.15, 0.2) is 0 Å². The van der Waals surface area contributed by atoms with Crippen LogP contribution in [-0.4, -0.2) is 28.0 Å². The summed E-state index contributed by atoms with van der Waals surface area (Å²) in [6, 6.07) is 21.0. The molecule has 0 saturated heterocycles. The SMILES string of the molecule is C=Cc1cc(C(=O)Nc2ccc(-c3ccc(NC(=O)c4ccccc4)cn3)nc2)ccc1C=N.CC.CC. The molecule has 0 aliphatic heterocycles. The molecule has 4 aromatic rings. The molecule has 0 saturated carbocycles. The zero-order valence-corrected chi connectivity index (χ0v) is 22.2. The van der Waals surface area contributed by atoms with E-state index in [-0.39, 0.29) is 11.8 Å². The van der Waals surface area contributed by atoms with Crippen LogP contribution in [0.25, 0.3) is 17.5 Å². The van der Waals surface area contributed by atoms with Crippen LogP contribution >= 0.6 is 0 Å². The zero-order chi connectivity index (χ0) is 27.9. The van der Waals surface area contributed by atoms with Crippen LogP contribution < -0.4 is 10.6 Å². The zero-order valence-electron chi connectivity index (χ0n) is 22.2. The number of hydrogen-bond acceptors (Lipinski definition) is 5. The summed E-state index contributed by atoms with van der Waals surface area (Å²) in [6.07, 6.45) is 5.96. The van der Waals surface area contributed by atoms with E-state index < -0.39 is 0 Å². The number of rotatable bonds is 7. The Balaban J connectivity index is 0.00000121. The van der Waals surface area contributed by atoms with Gasteiger partial charge in [0.2, 0.25) is 0 Å². The number of nitrogens with zero attached hydrogens (tertiary/aromatic N) is 2. The summed E-state index contributed by atoms with van der Waals surface area (Å²) in [6.45, 7) is 11.7. The van der Waals surface area contributed by atoms with Crippen molar-refractivity contribution in [2.45, 2.75) is 27.7 Å². The summed E-state index contributed by atoms with van der Waals surface area (Å²) in [7, 11) is 0. The molecule has 0 spiro atoms. The Morgan fingerprint density at radius 3 is 1.68 bits per heavy atom. The number of aromatic nitrogens is 2. The van der Waals surface area contributed by atoms with Crippen molar-refractivity contribution in [3.05, 3.63) is 114 Å². The molecule has 0 atom stereocenters. The Morgan fingerprint density at radius 2 is 1.24 bits per heavy atom. The summed E-state index contributed by atoms with van der Waals surface area (Å²) in [5.74, 6) is -0.494. The van der Waals surface area contributed by atoms with Gasteiger partial charge in [0.05, 0.1) is 35.2 Å². The van der Waals surface area contributed by atoms with E-state index in [9.17, 15) is 9.59 Å². The van der Waals surface area contributed by atoms with E-state index in [2.05, 4.69) is 27.2 Å². The van der Waals surface area contributed by atoms with Crippen molar-refractivity contribution in [1.82, 2.24) is 9.97 Å². The Kier molecular flexibility index (Phi) is 11.8. The summed E-state index contributed by atoms with van der Waals surface area (Å²) in [5.41, 5.74) is 4.81. The molecule has 38 heavy (non-hydrogen) atoms. The van der Waals surface area contributed by atoms with Crippen molar-refractivity contribution in [3.8, 4) is 11.4 Å². The summed E-state index contributed by atoms with van der Waals surface area (Å²) < 4.78 is 0. The van der Waals surface area contributed by atoms with Crippen LogP contribution in [0.5, 0.6) is 0 Å². The molecule has 194 valence electrons. The predicted molar refractivity (Wildman–Crippen MR) is 157 cm³/mol. The van der Waals surface area contributed by atoms with Crippen LogP contribution in [0, 0.1) is 5.41 Å². The van der Waals surface area contributed by atoms with Gasteiger partial charge in [-0.15, -0.1) is 0 Å². The third kappa shape index (κ3) is 7.80. The summed E-state index contributed by atoms with van der Waals surface area (Å²) in [5, 5.41) is 13.0. The van der Waals surface area contributed by atoms with Gasteiger partial charge in [-0.25, -0.2) is 0 Å². The van der Waals surface area contributed by atoms with Crippen LogP contribution in [0.1, 0.15) is 59.5 Å². The van der Waals surface area contributed by atoms with Crippen LogP contribution in [-0.2, 0) is 0 Å². The van der Waals surface area contributed by atoms with Gasteiger partial charge < -0.3 is 16.0 Å². The number of benzene rings is 2. The number of hydrogen-bond donors (Lipinski definition) is 3. The fourth-order valence-corrected chi connectivity index (χ4v) is 3.26. The number of nitrogens with one attached hydrogen (secondary N) is 3. The summed E-state index contributed by atoms with van der Waals surface area (Å²) >= 11 is 0. The first-order valence-electron chi connectivity index (χ1n) is 12.4. The van der Waals surface area contributed by atoms with Gasteiger partial charge in [-0.3, -0.25) is 19.6 Å². The maximum Gasteiger partial charge on any atom is 0.255 e. The smallest absolute Gasteiger partial charge is 0.255 e. The van der Waals surface area contributed by atoms with Crippen molar-refractivity contribution in [1.29, 1.82) is 5.41 Å². The molecule has 7 heteroatoms.